The molecule has 1 heterocycles. The Hall–Kier alpha value is -1.34. The standard InChI is InChI=1S/C13H17N3S/c1-9-7-16(8-10(2)17-9)12-3-4-13(15)11(5-12)6-14/h3-5,9-10H,7-8,15H2,1-2H3. The first kappa shape index (κ1) is 12.1. The lowest BCUT2D eigenvalue weighted by molar-refractivity contribution is 0.728. The van der Waals surface area contributed by atoms with Crippen molar-refractivity contribution < 1.29 is 0 Å². The lowest BCUT2D eigenvalue weighted by Crippen LogP contribution is -2.40. The van der Waals surface area contributed by atoms with E-state index in [0.717, 1.165) is 18.8 Å². The van der Waals surface area contributed by atoms with Gasteiger partial charge in [-0.1, -0.05) is 13.8 Å². The van der Waals surface area contributed by atoms with Crippen LogP contribution in [0.1, 0.15) is 19.4 Å². The van der Waals surface area contributed by atoms with Gasteiger partial charge in [-0.2, -0.15) is 17.0 Å². The van der Waals surface area contributed by atoms with E-state index in [2.05, 4.69) is 24.8 Å². The van der Waals surface area contributed by atoms with Crippen LogP contribution in [0.3, 0.4) is 0 Å². The molecule has 2 rings (SSSR count). The molecule has 1 aromatic rings. The lowest BCUT2D eigenvalue weighted by Gasteiger charge is -2.36. The normalized spacial score (nSPS) is 24.4. The molecule has 0 radical (unpaired) electrons. The van der Waals surface area contributed by atoms with Gasteiger partial charge in [0.1, 0.15) is 6.07 Å². The van der Waals surface area contributed by atoms with E-state index >= 15 is 0 Å². The maximum absolute atomic E-state index is 8.99. The summed E-state index contributed by atoms with van der Waals surface area (Å²) in [4.78, 5) is 2.34. The predicted molar refractivity (Wildman–Crippen MR) is 74.3 cm³/mol. The highest BCUT2D eigenvalue weighted by Crippen LogP contribution is 2.29. The van der Waals surface area contributed by atoms with Crippen LogP contribution in [0.25, 0.3) is 0 Å². The van der Waals surface area contributed by atoms with Crippen molar-refractivity contribution in [1.82, 2.24) is 0 Å². The summed E-state index contributed by atoms with van der Waals surface area (Å²) in [5.74, 6) is 0. The van der Waals surface area contributed by atoms with Crippen molar-refractivity contribution in [2.75, 3.05) is 23.7 Å². The molecule has 3 nitrogen and oxygen atoms in total. The zero-order valence-corrected chi connectivity index (χ0v) is 11.0. The summed E-state index contributed by atoms with van der Waals surface area (Å²) in [5.41, 5.74) is 7.97. The first-order chi connectivity index (χ1) is 8.10. The van der Waals surface area contributed by atoms with Crippen LogP contribution in [0.5, 0.6) is 0 Å². The van der Waals surface area contributed by atoms with Crippen molar-refractivity contribution >= 4 is 23.1 Å². The van der Waals surface area contributed by atoms with E-state index in [-0.39, 0.29) is 0 Å². The molecule has 2 unspecified atom stereocenters. The molecule has 1 aromatic carbocycles. The van der Waals surface area contributed by atoms with Gasteiger partial charge in [0.25, 0.3) is 0 Å². The van der Waals surface area contributed by atoms with Gasteiger partial charge in [0, 0.05) is 35.0 Å². The maximum atomic E-state index is 8.99. The van der Waals surface area contributed by atoms with Crippen molar-refractivity contribution in [3.8, 4) is 6.07 Å². The molecule has 0 aliphatic carbocycles. The van der Waals surface area contributed by atoms with Crippen LogP contribution in [0.4, 0.5) is 11.4 Å². The minimum absolute atomic E-state index is 0.559. The highest BCUT2D eigenvalue weighted by Gasteiger charge is 2.22. The number of nitrogens with two attached hydrogens (primary N) is 1. The Morgan fingerprint density at radius 3 is 2.59 bits per heavy atom. The fourth-order valence-corrected chi connectivity index (χ4v) is 3.55. The van der Waals surface area contributed by atoms with Crippen molar-refractivity contribution in [2.45, 2.75) is 24.3 Å². The molecule has 17 heavy (non-hydrogen) atoms. The first-order valence-corrected chi connectivity index (χ1v) is 6.74. The summed E-state index contributed by atoms with van der Waals surface area (Å²) in [5, 5.41) is 10.2. The van der Waals surface area contributed by atoms with Crippen molar-refractivity contribution in [1.29, 1.82) is 5.26 Å². The monoisotopic (exact) mass is 247 g/mol. The Balaban J connectivity index is 2.25. The second-order valence-electron chi connectivity index (χ2n) is 4.55. The molecule has 1 aliphatic heterocycles. The quantitative estimate of drug-likeness (QED) is 0.775. The van der Waals surface area contributed by atoms with Gasteiger partial charge in [-0.15, -0.1) is 0 Å². The molecule has 0 bridgehead atoms. The Morgan fingerprint density at radius 2 is 2.00 bits per heavy atom. The van der Waals surface area contributed by atoms with Gasteiger partial charge >= 0.3 is 0 Å². The Morgan fingerprint density at radius 1 is 1.35 bits per heavy atom. The number of benzene rings is 1. The largest absolute Gasteiger partial charge is 0.398 e. The van der Waals surface area contributed by atoms with Crippen LogP contribution in [0.2, 0.25) is 0 Å². The van der Waals surface area contributed by atoms with Gasteiger partial charge in [-0.25, -0.2) is 0 Å². The summed E-state index contributed by atoms with van der Waals surface area (Å²) in [6, 6.07) is 7.86. The Labute approximate surface area is 107 Å². The summed E-state index contributed by atoms with van der Waals surface area (Å²) in [6.07, 6.45) is 0. The number of nitriles is 1. The SMILES string of the molecule is CC1CN(c2ccc(N)c(C#N)c2)CC(C)S1. The van der Waals surface area contributed by atoms with E-state index in [1.54, 1.807) is 0 Å². The number of nitrogen functional groups attached to an aromatic ring is 1. The van der Waals surface area contributed by atoms with E-state index in [1.165, 1.54) is 0 Å². The van der Waals surface area contributed by atoms with E-state index in [9.17, 15) is 0 Å². The molecule has 0 saturated carbocycles. The minimum atomic E-state index is 0.559. The van der Waals surface area contributed by atoms with Crippen molar-refractivity contribution in [3.05, 3.63) is 23.8 Å². The summed E-state index contributed by atoms with van der Waals surface area (Å²) in [7, 11) is 0. The van der Waals surface area contributed by atoms with Gasteiger partial charge in [0.2, 0.25) is 0 Å². The summed E-state index contributed by atoms with van der Waals surface area (Å²) < 4.78 is 0. The molecule has 2 N–H and O–H groups in total. The van der Waals surface area contributed by atoms with Crippen LogP contribution in [0.15, 0.2) is 18.2 Å². The molecule has 2 atom stereocenters. The summed E-state index contributed by atoms with van der Waals surface area (Å²) >= 11 is 2.02. The first-order valence-electron chi connectivity index (χ1n) is 5.80. The highest BCUT2D eigenvalue weighted by molar-refractivity contribution is 8.00. The lowest BCUT2D eigenvalue weighted by atomic mass is 10.1. The van der Waals surface area contributed by atoms with Crippen LogP contribution < -0.4 is 10.6 Å². The maximum Gasteiger partial charge on any atom is 0.101 e. The number of hydrogen-bond acceptors (Lipinski definition) is 4. The van der Waals surface area contributed by atoms with Crippen LogP contribution in [-0.4, -0.2) is 23.6 Å². The smallest absolute Gasteiger partial charge is 0.101 e. The molecule has 90 valence electrons. The van der Waals surface area contributed by atoms with Gasteiger partial charge in [-0.05, 0) is 18.2 Å². The number of thioether (sulfide) groups is 1. The number of anilines is 2. The molecule has 0 spiro atoms. The second kappa shape index (κ2) is 4.89. The zero-order chi connectivity index (χ0) is 12.4. The van der Waals surface area contributed by atoms with Crippen LogP contribution in [0, 0.1) is 11.3 Å². The molecular formula is C13H17N3S. The number of rotatable bonds is 1. The zero-order valence-electron chi connectivity index (χ0n) is 10.2. The van der Waals surface area contributed by atoms with Crippen molar-refractivity contribution in [3.63, 3.8) is 0 Å². The third kappa shape index (κ3) is 2.67. The van der Waals surface area contributed by atoms with Crippen LogP contribution in [-0.2, 0) is 0 Å². The van der Waals surface area contributed by atoms with Gasteiger partial charge in [0.15, 0.2) is 0 Å². The number of hydrogen-bond donors (Lipinski definition) is 1. The molecule has 0 amide bonds. The third-order valence-corrected chi connectivity index (χ3v) is 4.17. The third-order valence-electron chi connectivity index (χ3n) is 2.94. The minimum Gasteiger partial charge on any atom is -0.398 e. The molecule has 1 fully saturated rings. The fraction of sp³-hybridized carbons (Fsp3) is 0.462. The fourth-order valence-electron chi connectivity index (χ4n) is 2.23. The Kier molecular flexibility index (Phi) is 3.49. The Bertz CT molecular complexity index is 442. The molecule has 0 aromatic heterocycles. The second-order valence-corrected chi connectivity index (χ2v) is 6.43. The average Bonchev–Trinajstić information content (AvgIpc) is 2.28. The van der Waals surface area contributed by atoms with E-state index < -0.39 is 0 Å². The number of nitrogens with zero attached hydrogens (tertiary/aromatic N) is 2. The molecule has 1 saturated heterocycles. The van der Waals surface area contributed by atoms with Crippen LogP contribution >= 0.6 is 11.8 Å². The predicted octanol–water partition coefficient (Wildman–Crippen LogP) is 2.47. The summed E-state index contributed by atoms with van der Waals surface area (Å²) in [6.45, 7) is 6.55. The van der Waals surface area contributed by atoms with E-state index in [4.69, 9.17) is 11.0 Å². The van der Waals surface area contributed by atoms with Crippen molar-refractivity contribution in [2.24, 2.45) is 0 Å². The van der Waals surface area contributed by atoms with Gasteiger partial charge in [-0.3, -0.25) is 0 Å². The molecular weight excluding hydrogens is 230 g/mol. The topological polar surface area (TPSA) is 53.0 Å². The average molecular weight is 247 g/mol. The van der Waals surface area contributed by atoms with Gasteiger partial charge < -0.3 is 10.6 Å². The molecule has 4 heteroatoms. The van der Waals surface area contributed by atoms with E-state index in [0.29, 0.717) is 21.8 Å². The molecule has 1 aliphatic rings. The van der Waals surface area contributed by atoms with Gasteiger partial charge in [0.05, 0.1) is 5.56 Å². The highest BCUT2D eigenvalue weighted by atomic mass is 32.2. The van der Waals surface area contributed by atoms with E-state index in [1.807, 2.05) is 30.0 Å².